The Morgan fingerprint density at radius 2 is 1.85 bits per heavy atom. The number of nitrogens with zero attached hydrogens (tertiary/aromatic N) is 1. The van der Waals surface area contributed by atoms with Crippen molar-refractivity contribution in [3.8, 4) is 0 Å². The summed E-state index contributed by atoms with van der Waals surface area (Å²) in [5.74, 6) is 0.300. The SMILES string of the molecule is Cc1[nH]c(SCC(=O)NCc2ccc(Cl)cc2)nc1Cc1ccccc1. The molecule has 0 saturated heterocycles. The van der Waals surface area contributed by atoms with Gasteiger partial charge in [0, 0.05) is 23.7 Å². The van der Waals surface area contributed by atoms with E-state index in [1.807, 2.05) is 49.4 Å². The number of aryl methyl sites for hydroxylation is 1. The third-order valence-electron chi connectivity index (χ3n) is 3.92. The van der Waals surface area contributed by atoms with Gasteiger partial charge in [0.2, 0.25) is 5.91 Å². The predicted octanol–water partition coefficient (Wildman–Crippen LogP) is 4.37. The molecule has 2 aromatic carbocycles. The van der Waals surface area contributed by atoms with Gasteiger partial charge in [-0.05, 0) is 30.2 Å². The molecule has 0 atom stereocenters. The summed E-state index contributed by atoms with van der Waals surface area (Å²) in [6.07, 6.45) is 0.784. The summed E-state index contributed by atoms with van der Waals surface area (Å²) in [4.78, 5) is 19.9. The quantitative estimate of drug-likeness (QED) is 0.594. The summed E-state index contributed by atoms with van der Waals surface area (Å²) in [7, 11) is 0. The number of halogens is 1. The molecule has 3 aromatic rings. The van der Waals surface area contributed by atoms with E-state index in [1.165, 1.54) is 17.3 Å². The number of amides is 1. The van der Waals surface area contributed by atoms with Crippen LogP contribution in [-0.4, -0.2) is 21.6 Å². The molecule has 0 unspecified atom stereocenters. The van der Waals surface area contributed by atoms with Crippen LogP contribution in [0.2, 0.25) is 5.02 Å². The van der Waals surface area contributed by atoms with Gasteiger partial charge in [-0.2, -0.15) is 0 Å². The molecule has 0 bridgehead atoms. The number of rotatable bonds is 7. The first-order chi connectivity index (χ1) is 12.6. The summed E-state index contributed by atoms with van der Waals surface area (Å²) in [5.41, 5.74) is 4.30. The Hall–Kier alpha value is -2.24. The molecule has 1 heterocycles. The molecule has 0 aliphatic rings. The standard InChI is InChI=1S/C20H20ClN3OS/c1-14-18(11-15-5-3-2-4-6-15)24-20(23-14)26-13-19(25)22-12-16-7-9-17(21)10-8-16/h2-10H,11-13H2,1H3,(H,22,25)(H,23,24). The molecule has 1 amide bonds. The maximum Gasteiger partial charge on any atom is 0.230 e. The Bertz CT molecular complexity index is 863. The van der Waals surface area contributed by atoms with E-state index >= 15 is 0 Å². The average Bonchev–Trinajstić information content (AvgIpc) is 3.00. The minimum atomic E-state index is -0.0244. The minimum absolute atomic E-state index is 0.0244. The van der Waals surface area contributed by atoms with Crippen molar-refractivity contribution in [2.45, 2.75) is 25.0 Å². The molecule has 2 N–H and O–H groups in total. The second-order valence-corrected chi connectivity index (χ2v) is 7.37. The Kier molecular flexibility index (Phi) is 6.36. The van der Waals surface area contributed by atoms with Crippen molar-refractivity contribution in [2.24, 2.45) is 0 Å². The van der Waals surface area contributed by atoms with Gasteiger partial charge in [0.25, 0.3) is 0 Å². The van der Waals surface area contributed by atoms with E-state index in [2.05, 4.69) is 27.4 Å². The van der Waals surface area contributed by atoms with Crippen molar-refractivity contribution in [3.63, 3.8) is 0 Å². The van der Waals surface area contributed by atoms with Crippen LogP contribution in [0.4, 0.5) is 0 Å². The first-order valence-corrected chi connectivity index (χ1v) is 9.70. The fraction of sp³-hybridized carbons (Fsp3) is 0.200. The van der Waals surface area contributed by atoms with Gasteiger partial charge < -0.3 is 10.3 Å². The second kappa shape index (κ2) is 8.92. The summed E-state index contributed by atoms with van der Waals surface area (Å²) >= 11 is 7.27. The Morgan fingerprint density at radius 3 is 2.58 bits per heavy atom. The molecule has 6 heteroatoms. The predicted molar refractivity (Wildman–Crippen MR) is 107 cm³/mol. The number of aromatic amines is 1. The van der Waals surface area contributed by atoms with Gasteiger partial charge in [-0.25, -0.2) is 4.98 Å². The van der Waals surface area contributed by atoms with Gasteiger partial charge >= 0.3 is 0 Å². The summed E-state index contributed by atoms with van der Waals surface area (Å²) in [6, 6.07) is 17.7. The average molecular weight is 386 g/mol. The van der Waals surface area contributed by atoms with Crippen molar-refractivity contribution in [2.75, 3.05) is 5.75 Å². The molecule has 0 spiro atoms. The zero-order valence-electron chi connectivity index (χ0n) is 14.5. The normalized spacial score (nSPS) is 10.7. The number of aromatic nitrogens is 2. The lowest BCUT2D eigenvalue weighted by Crippen LogP contribution is -2.24. The number of imidazole rings is 1. The van der Waals surface area contributed by atoms with Gasteiger partial charge in [-0.3, -0.25) is 4.79 Å². The van der Waals surface area contributed by atoms with Gasteiger partial charge in [0.05, 0.1) is 11.4 Å². The lowest BCUT2D eigenvalue weighted by molar-refractivity contribution is -0.118. The lowest BCUT2D eigenvalue weighted by atomic mass is 10.1. The van der Waals surface area contributed by atoms with E-state index in [0.29, 0.717) is 17.3 Å². The topological polar surface area (TPSA) is 57.8 Å². The molecular formula is C20H20ClN3OS. The van der Waals surface area contributed by atoms with E-state index in [4.69, 9.17) is 11.6 Å². The van der Waals surface area contributed by atoms with E-state index in [1.54, 1.807) is 0 Å². The molecule has 0 aliphatic carbocycles. The van der Waals surface area contributed by atoms with Crippen LogP contribution in [0.15, 0.2) is 59.8 Å². The van der Waals surface area contributed by atoms with Gasteiger partial charge in [-0.15, -0.1) is 0 Å². The molecule has 0 radical (unpaired) electrons. The first kappa shape index (κ1) is 18.5. The van der Waals surface area contributed by atoms with E-state index in [-0.39, 0.29) is 5.91 Å². The highest BCUT2D eigenvalue weighted by molar-refractivity contribution is 7.99. The summed E-state index contributed by atoms with van der Waals surface area (Å²) in [5, 5.41) is 4.37. The van der Waals surface area contributed by atoms with Gasteiger partial charge in [0.1, 0.15) is 0 Å². The maximum absolute atomic E-state index is 12.0. The highest BCUT2D eigenvalue weighted by Gasteiger charge is 2.10. The molecular weight excluding hydrogens is 366 g/mol. The largest absolute Gasteiger partial charge is 0.351 e. The lowest BCUT2D eigenvalue weighted by Gasteiger charge is -2.04. The molecule has 0 fully saturated rings. The van der Waals surface area contributed by atoms with Crippen LogP contribution in [0.3, 0.4) is 0 Å². The van der Waals surface area contributed by atoms with Crippen LogP contribution in [0.1, 0.15) is 22.5 Å². The zero-order chi connectivity index (χ0) is 18.4. The zero-order valence-corrected chi connectivity index (χ0v) is 16.0. The highest BCUT2D eigenvalue weighted by atomic mass is 35.5. The number of carbonyl (C=O) groups is 1. The van der Waals surface area contributed by atoms with Crippen molar-refractivity contribution in [3.05, 3.63) is 82.1 Å². The van der Waals surface area contributed by atoms with Crippen LogP contribution < -0.4 is 5.32 Å². The van der Waals surface area contributed by atoms with Crippen molar-refractivity contribution >= 4 is 29.3 Å². The summed E-state index contributed by atoms with van der Waals surface area (Å²) < 4.78 is 0. The Labute approximate surface area is 162 Å². The number of hydrogen-bond acceptors (Lipinski definition) is 3. The number of thioether (sulfide) groups is 1. The number of benzene rings is 2. The van der Waals surface area contributed by atoms with Crippen LogP contribution in [0, 0.1) is 6.92 Å². The van der Waals surface area contributed by atoms with E-state index in [9.17, 15) is 4.79 Å². The second-order valence-electron chi connectivity index (χ2n) is 5.97. The number of hydrogen-bond donors (Lipinski definition) is 2. The number of carbonyl (C=O) groups excluding carboxylic acids is 1. The van der Waals surface area contributed by atoms with Crippen LogP contribution in [0.5, 0.6) is 0 Å². The fourth-order valence-electron chi connectivity index (χ4n) is 2.48. The van der Waals surface area contributed by atoms with Crippen LogP contribution in [0.25, 0.3) is 0 Å². The van der Waals surface area contributed by atoms with Gasteiger partial charge in [0.15, 0.2) is 5.16 Å². The van der Waals surface area contributed by atoms with E-state index < -0.39 is 0 Å². The third-order valence-corrected chi connectivity index (χ3v) is 5.05. The molecule has 0 aliphatic heterocycles. The highest BCUT2D eigenvalue weighted by Crippen LogP contribution is 2.19. The number of H-pyrrole nitrogens is 1. The molecule has 134 valence electrons. The van der Waals surface area contributed by atoms with Gasteiger partial charge in [-0.1, -0.05) is 65.8 Å². The molecule has 0 saturated carbocycles. The Morgan fingerprint density at radius 1 is 1.12 bits per heavy atom. The monoisotopic (exact) mass is 385 g/mol. The van der Waals surface area contributed by atoms with Crippen LogP contribution >= 0.6 is 23.4 Å². The maximum atomic E-state index is 12.0. The molecule has 4 nitrogen and oxygen atoms in total. The molecule has 1 aromatic heterocycles. The van der Waals surface area contributed by atoms with Crippen LogP contribution in [-0.2, 0) is 17.8 Å². The number of nitrogens with one attached hydrogen (secondary N) is 2. The van der Waals surface area contributed by atoms with Crippen molar-refractivity contribution < 1.29 is 4.79 Å². The van der Waals surface area contributed by atoms with E-state index in [0.717, 1.165) is 28.5 Å². The van der Waals surface area contributed by atoms with Crippen molar-refractivity contribution in [1.29, 1.82) is 0 Å². The minimum Gasteiger partial charge on any atom is -0.351 e. The fourth-order valence-corrected chi connectivity index (χ4v) is 3.38. The van der Waals surface area contributed by atoms with Crippen molar-refractivity contribution in [1.82, 2.24) is 15.3 Å². The molecule has 26 heavy (non-hydrogen) atoms. The first-order valence-electron chi connectivity index (χ1n) is 8.33. The third kappa shape index (κ3) is 5.38. The summed E-state index contributed by atoms with van der Waals surface area (Å²) in [6.45, 7) is 2.50. The molecule has 3 rings (SSSR count). The Balaban J connectivity index is 1.49. The smallest absolute Gasteiger partial charge is 0.230 e.